The Morgan fingerprint density at radius 2 is 2.17 bits per heavy atom. The Morgan fingerprint density at radius 1 is 1.56 bits per heavy atom. The lowest BCUT2D eigenvalue weighted by Gasteiger charge is -2.31. The van der Waals surface area contributed by atoms with Crippen LogP contribution in [0.2, 0.25) is 5.15 Å². The van der Waals surface area contributed by atoms with Gasteiger partial charge in [-0.15, -0.1) is 0 Å². The molecule has 0 saturated heterocycles. The Kier molecular flexibility index (Phi) is 4.53. The number of rotatable bonds is 3. The van der Waals surface area contributed by atoms with E-state index in [0.717, 1.165) is 12.5 Å². The zero-order chi connectivity index (χ0) is 13.9. The van der Waals surface area contributed by atoms with Gasteiger partial charge in [-0.25, -0.2) is 9.37 Å². The maximum atomic E-state index is 13.8. The minimum Gasteiger partial charge on any atom is -0.364 e. The first-order valence-corrected chi connectivity index (χ1v) is 6.20. The number of halogens is 2. The summed E-state index contributed by atoms with van der Waals surface area (Å²) in [5.41, 5.74) is 0.0204. The normalized spacial score (nSPS) is 12.9. The van der Waals surface area contributed by atoms with E-state index in [9.17, 15) is 4.39 Å². The smallest absolute Gasteiger partial charge is 0.166 e. The van der Waals surface area contributed by atoms with Crippen molar-refractivity contribution in [2.24, 2.45) is 5.41 Å². The van der Waals surface area contributed by atoms with Gasteiger partial charge in [0.15, 0.2) is 11.6 Å². The summed E-state index contributed by atoms with van der Waals surface area (Å²) < 4.78 is 13.8. The molecule has 3 nitrogen and oxygen atoms in total. The van der Waals surface area contributed by atoms with Crippen molar-refractivity contribution in [3.8, 4) is 6.07 Å². The highest BCUT2D eigenvalue weighted by Crippen LogP contribution is 2.27. The van der Waals surface area contributed by atoms with E-state index in [-0.39, 0.29) is 28.0 Å². The first kappa shape index (κ1) is 14.7. The number of nitrogens with zero attached hydrogens (tertiary/aromatic N) is 2. The van der Waals surface area contributed by atoms with Crippen LogP contribution >= 0.6 is 11.6 Å². The molecule has 1 aromatic rings. The van der Waals surface area contributed by atoms with Gasteiger partial charge in [-0.1, -0.05) is 39.3 Å². The van der Waals surface area contributed by atoms with Crippen LogP contribution in [0.4, 0.5) is 10.2 Å². The molecule has 0 fully saturated rings. The van der Waals surface area contributed by atoms with Gasteiger partial charge in [0.2, 0.25) is 0 Å². The second-order valence-electron chi connectivity index (χ2n) is 5.24. The number of pyridine rings is 1. The van der Waals surface area contributed by atoms with Gasteiger partial charge in [-0.3, -0.25) is 0 Å². The lowest BCUT2D eigenvalue weighted by Crippen LogP contribution is -2.34. The summed E-state index contributed by atoms with van der Waals surface area (Å²) in [5, 5.41) is 11.8. The summed E-state index contributed by atoms with van der Waals surface area (Å²) in [6.45, 7) is 8.22. The van der Waals surface area contributed by atoms with E-state index >= 15 is 0 Å². The van der Waals surface area contributed by atoms with Crippen LogP contribution in [0.15, 0.2) is 6.07 Å². The lowest BCUT2D eigenvalue weighted by molar-refractivity contribution is 0.332. The van der Waals surface area contributed by atoms with Gasteiger partial charge < -0.3 is 5.32 Å². The van der Waals surface area contributed by atoms with E-state index < -0.39 is 5.82 Å². The van der Waals surface area contributed by atoms with Crippen LogP contribution in [0, 0.1) is 22.6 Å². The number of anilines is 1. The zero-order valence-electron chi connectivity index (χ0n) is 11.0. The molecular formula is C13H17ClFN3. The number of nitriles is 1. The van der Waals surface area contributed by atoms with Crippen LogP contribution in [-0.4, -0.2) is 11.0 Å². The fourth-order valence-corrected chi connectivity index (χ4v) is 1.92. The maximum absolute atomic E-state index is 13.8. The summed E-state index contributed by atoms with van der Waals surface area (Å²) in [7, 11) is 0. The van der Waals surface area contributed by atoms with Crippen molar-refractivity contribution in [2.45, 2.75) is 40.2 Å². The molecule has 1 rings (SSSR count). The lowest BCUT2D eigenvalue weighted by atomic mass is 9.85. The number of nitrogens with one attached hydrogen (secondary N) is 1. The first-order valence-electron chi connectivity index (χ1n) is 5.82. The predicted octanol–water partition coefficient (Wildman–Crippen LogP) is 3.98. The van der Waals surface area contributed by atoms with Gasteiger partial charge in [0.25, 0.3) is 0 Å². The van der Waals surface area contributed by atoms with E-state index in [4.69, 9.17) is 16.9 Å². The first-order chi connectivity index (χ1) is 8.29. The standard InChI is InChI=1S/C13H17ClFN3/c1-5-10(13(2,3)4)17-12-9(15)6-8(7-16)11(14)18-12/h6,10H,5H2,1-4H3,(H,17,18)/t10-/m0/s1. The van der Waals surface area contributed by atoms with Crippen LogP contribution in [0.3, 0.4) is 0 Å². The van der Waals surface area contributed by atoms with Crippen molar-refractivity contribution in [1.29, 1.82) is 5.26 Å². The fourth-order valence-electron chi connectivity index (χ4n) is 1.74. The minimum absolute atomic E-state index is 0.0187. The molecule has 0 radical (unpaired) electrons. The summed E-state index contributed by atoms with van der Waals surface area (Å²) >= 11 is 5.80. The molecule has 0 saturated carbocycles. The minimum atomic E-state index is -0.557. The second kappa shape index (κ2) is 5.53. The topological polar surface area (TPSA) is 48.7 Å². The molecule has 1 aromatic heterocycles. The number of hydrogen-bond acceptors (Lipinski definition) is 3. The predicted molar refractivity (Wildman–Crippen MR) is 71.1 cm³/mol. The molecule has 0 unspecified atom stereocenters. The van der Waals surface area contributed by atoms with Gasteiger partial charge in [0.1, 0.15) is 11.2 Å². The largest absolute Gasteiger partial charge is 0.364 e. The average Bonchev–Trinajstić information content (AvgIpc) is 2.27. The monoisotopic (exact) mass is 269 g/mol. The van der Waals surface area contributed by atoms with Gasteiger partial charge in [-0.2, -0.15) is 5.26 Å². The molecule has 0 aliphatic rings. The van der Waals surface area contributed by atoms with Gasteiger partial charge in [0.05, 0.1) is 5.56 Å². The molecule has 0 aromatic carbocycles. The Bertz CT molecular complexity index is 474. The third kappa shape index (κ3) is 3.33. The van der Waals surface area contributed by atoms with Crippen molar-refractivity contribution >= 4 is 17.4 Å². The summed E-state index contributed by atoms with van der Waals surface area (Å²) in [4.78, 5) is 3.90. The molecule has 0 amide bonds. The Hall–Kier alpha value is -1.34. The zero-order valence-corrected chi connectivity index (χ0v) is 11.8. The average molecular weight is 270 g/mol. The van der Waals surface area contributed by atoms with Crippen molar-refractivity contribution in [2.75, 3.05) is 5.32 Å². The van der Waals surface area contributed by atoms with Crippen LogP contribution in [-0.2, 0) is 0 Å². The molecule has 0 aliphatic carbocycles. The number of hydrogen-bond donors (Lipinski definition) is 1. The molecule has 18 heavy (non-hydrogen) atoms. The van der Waals surface area contributed by atoms with Crippen LogP contribution < -0.4 is 5.32 Å². The second-order valence-corrected chi connectivity index (χ2v) is 5.60. The SMILES string of the molecule is CC[C@H](Nc1nc(Cl)c(C#N)cc1F)C(C)(C)C. The third-order valence-corrected chi connectivity index (χ3v) is 3.10. The Morgan fingerprint density at radius 3 is 2.61 bits per heavy atom. The highest BCUT2D eigenvalue weighted by molar-refractivity contribution is 6.30. The van der Waals surface area contributed by atoms with Crippen molar-refractivity contribution < 1.29 is 4.39 Å². The van der Waals surface area contributed by atoms with Gasteiger partial charge in [0, 0.05) is 6.04 Å². The number of aromatic nitrogens is 1. The van der Waals surface area contributed by atoms with Crippen molar-refractivity contribution in [3.63, 3.8) is 0 Å². The van der Waals surface area contributed by atoms with E-state index in [0.29, 0.717) is 0 Å². The van der Waals surface area contributed by atoms with E-state index in [1.54, 1.807) is 6.07 Å². The van der Waals surface area contributed by atoms with Crippen LogP contribution in [0.1, 0.15) is 39.7 Å². The highest BCUT2D eigenvalue weighted by atomic mass is 35.5. The summed E-state index contributed by atoms with van der Waals surface area (Å²) in [5.74, 6) is -0.459. The fraction of sp³-hybridized carbons (Fsp3) is 0.538. The van der Waals surface area contributed by atoms with E-state index in [1.807, 2.05) is 6.92 Å². The molecule has 1 atom stereocenters. The highest BCUT2D eigenvalue weighted by Gasteiger charge is 2.24. The molecule has 1 heterocycles. The molecule has 0 aliphatic heterocycles. The molecule has 1 N–H and O–H groups in total. The Labute approximate surface area is 112 Å². The molecule has 0 spiro atoms. The van der Waals surface area contributed by atoms with Gasteiger partial charge in [-0.05, 0) is 17.9 Å². The van der Waals surface area contributed by atoms with Crippen molar-refractivity contribution in [3.05, 3.63) is 22.6 Å². The van der Waals surface area contributed by atoms with Crippen LogP contribution in [0.5, 0.6) is 0 Å². The third-order valence-electron chi connectivity index (χ3n) is 2.81. The van der Waals surface area contributed by atoms with E-state index in [2.05, 4.69) is 31.1 Å². The van der Waals surface area contributed by atoms with E-state index in [1.165, 1.54) is 0 Å². The molecule has 98 valence electrons. The Balaban J connectivity index is 3.05. The summed E-state index contributed by atoms with van der Waals surface area (Å²) in [6, 6.07) is 2.98. The maximum Gasteiger partial charge on any atom is 0.166 e. The molecular weight excluding hydrogens is 253 g/mol. The quantitative estimate of drug-likeness (QED) is 0.845. The summed E-state index contributed by atoms with van der Waals surface area (Å²) in [6.07, 6.45) is 0.836. The van der Waals surface area contributed by atoms with Crippen LogP contribution in [0.25, 0.3) is 0 Å². The van der Waals surface area contributed by atoms with Gasteiger partial charge >= 0.3 is 0 Å². The molecule has 0 bridgehead atoms. The molecule has 5 heteroatoms. The van der Waals surface area contributed by atoms with Crippen molar-refractivity contribution in [1.82, 2.24) is 4.98 Å².